The van der Waals surface area contributed by atoms with Gasteiger partial charge in [0.1, 0.15) is 17.2 Å². The highest BCUT2D eigenvalue weighted by molar-refractivity contribution is 7.88. The van der Waals surface area contributed by atoms with E-state index in [2.05, 4.69) is 9.88 Å². The summed E-state index contributed by atoms with van der Waals surface area (Å²) in [7, 11) is -3.64. The molecule has 1 aromatic heterocycles. The van der Waals surface area contributed by atoms with Crippen molar-refractivity contribution in [3.8, 4) is 0 Å². The van der Waals surface area contributed by atoms with Crippen LogP contribution in [0.4, 0.5) is 0 Å². The fourth-order valence-electron chi connectivity index (χ4n) is 2.72. The van der Waals surface area contributed by atoms with Gasteiger partial charge in [0.25, 0.3) is 0 Å². The predicted octanol–water partition coefficient (Wildman–Crippen LogP) is 1.19. The van der Waals surface area contributed by atoms with Crippen LogP contribution in [0.1, 0.15) is 44.6 Å². The van der Waals surface area contributed by atoms with E-state index < -0.39 is 16.1 Å². The summed E-state index contributed by atoms with van der Waals surface area (Å²) in [5.74, 6) is 0.0842. The summed E-state index contributed by atoms with van der Waals surface area (Å²) in [6.07, 6.45) is 3.04. The first-order chi connectivity index (χ1) is 10.3. The number of carbonyl (C=O) groups excluding carboxylic acids is 1. The third-order valence-corrected chi connectivity index (χ3v) is 5.22. The van der Waals surface area contributed by atoms with Crippen LogP contribution in [-0.4, -0.2) is 43.0 Å². The van der Waals surface area contributed by atoms with Gasteiger partial charge in [-0.05, 0) is 40.0 Å². The van der Waals surface area contributed by atoms with E-state index in [0.717, 1.165) is 19.3 Å². The Balaban J connectivity index is 1.97. The number of nitrogens with one attached hydrogen (secondary N) is 1. The van der Waals surface area contributed by atoms with Gasteiger partial charge >= 0.3 is 0 Å². The number of aryl methyl sites for hydroxylation is 1. The van der Waals surface area contributed by atoms with Crippen molar-refractivity contribution in [2.24, 2.45) is 0 Å². The molecule has 1 amide bonds. The number of rotatable bonds is 5. The standard InChI is InChI=1S/C14H23N3O4S/c1-10-6-4-5-7-17(10)14(18)12(3)16-22(19,20)9-13-8-11(2)21-15-13/h8,10,12,16H,4-7,9H2,1-3H3. The molecule has 2 atom stereocenters. The van der Waals surface area contributed by atoms with Crippen molar-refractivity contribution in [2.75, 3.05) is 6.54 Å². The Bertz CT molecular complexity index is 626. The van der Waals surface area contributed by atoms with Gasteiger partial charge in [0.05, 0.1) is 6.04 Å². The average Bonchev–Trinajstić information content (AvgIpc) is 2.82. The molecular formula is C14H23N3O4S. The first kappa shape index (κ1) is 17.0. The number of nitrogens with zero attached hydrogens (tertiary/aromatic N) is 2. The van der Waals surface area contributed by atoms with Gasteiger partial charge in [-0.3, -0.25) is 4.79 Å². The van der Waals surface area contributed by atoms with E-state index in [4.69, 9.17) is 4.52 Å². The molecule has 22 heavy (non-hydrogen) atoms. The SMILES string of the molecule is Cc1cc(CS(=O)(=O)NC(C)C(=O)N2CCCCC2C)no1. The second-order valence-electron chi connectivity index (χ2n) is 5.90. The van der Waals surface area contributed by atoms with Gasteiger partial charge in [-0.25, -0.2) is 13.1 Å². The van der Waals surface area contributed by atoms with Gasteiger partial charge in [-0.15, -0.1) is 0 Å². The molecule has 2 unspecified atom stereocenters. The van der Waals surface area contributed by atoms with Crippen molar-refractivity contribution in [1.82, 2.24) is 14.8 Å². The highest BCUT2D eigenvalue weighted by Gasteiger charge is 2.29. The van der Waals surface area contributed by atoms with E-state index in [-0.39, 0.29) is 17.7 Å². The molecule has 1 aliphatic rings. The van der Waals surface area contributed by atoms with Gasteiger partial charge in [-0.1, -0.05) is 5.16 Å². The number of hydrogen-bond donors (Lipinski definition) is 1. The van der Waals surface area contributed by atoms with Gasteiger partial charge in [0.15, 0.2) is 0 Å². The van der Waals surface area contributed by atoms with Gasteiger partial charge in [0.2, 0.25) is 15.9 Å². The van der Waals surface area contributed by atoms with Crippen LogP contribution in [0.15, 0.2) is 10.6 Å². The van der Waals surface area contributed by atoms with E-state index in [9.17, 15) is 13.2 Å². The highest BCUT2D eigenvalue weighted by Crippen LogP contribution is 2.17. The fourth-order valence-corrected chi connectivity index (χ4v) is 3.96. The van der Waals surface area contributed by atoms with Crippen molar-refractivity contribution >= 4 is 15.9 Å². The molecule has 2 heterocycles. The highest BCUT2D eigenvalue weighted by atomic mass is 32.2. The molecule has 1 aliphatic heterocycles. The number of piperidine rings is 1. The zero-order valence-corrected chi connectivity index (χ0v) is 14.0. The molecule has 1 fully saturated rings. The summed E-state index contributed by atoms with van der Waals surface area (Å²) in [4.78, 5) is 14.2. The molecular weight excluding hydrogens is 306 g/mol. The van der Waals surface area contributed by atoms with Gasteiger partial charge in [0, 0.05) is 18.7 Å². The molecule has 0 spiro atoms. The first-order valence-corrected chi connectivity index (χ1v) is 9.16. The summed E-state index contributed by atoms with van der Waals surface area (Å²) >= 11 is 0. The largest absolute Gasteiger partial charge is 0.361 e. The summed E-state index contributed by atoms with van der Waals surface area (Å²) in [5.41, 5.74) is 0.330. The second kappa shape index (κ2) is 6.78. The van der Waals surface area contributed by atoms with Crippen molar-refractivity contribution in [3.05, 3.63) is 17.5 Å². The summed E-state index contributed by atoms with van der Waals surface area (Å²) in [5, 5.41) is 3.67. The van der Waals surface area contributed by atoms with E-state index in [0.29, 0.717) is 18.0 Å². The quantitative estimate of drug-likeness (QED) is 0.876. The summed E-state index contributed by atoms with van der Waals surface area (Å²) in [6.45, 7) is 5.96. The zero-order chi connectivity index (χ0) is 16.3. The number of amides is 1. The van der Waals surface area contributed by atoms with Crippen LogP contribution >= 0.6 is 0 Å². The lowest BCUT2D eigenvalue weighted by atomic mass is 10.0. The van der Waals surface area contributed by atoms with E-state index in [1.165, 1.54) is 0 Å². The molecule has 8 heteroatoms. The van der Waals surface area contributed by atoms with Crippen LogP contribution in [0.2, 0.25) is 0 Å². The van der Waals surface area contributed by atoms with Crippen molar-refractivity contribution in [3.63, 3.8) is 0 Å². The van der Waals surface area contributed by atoms with Crippen LogP contribution in [-0.2, 0) is 20.6 Å². The maximum absolute atomic E-state index is 12.4. The van der Waals surface area contributed by atoms with Gasteiger partial charge in [-0.2, -0.15) is 0 Å². The van der Waals surface area contributed by atoms with Crippen LogP contribution in [0.3, 0.4) is 0 Å². The van der Waals surface area contributed by atoms with Crippen LogP contribution in [0, 0.1) is 6.92 Å². The third kappa shape index (κ3) is 4.30. The average molecular weight is 329 g/mol. The van der Waals surface area contributed by atoms with E-state index in [1.807, 2.05) is 6.92 Å². The Hall–Kier alpha value is -1.41. The maximum atomic E-state index is 12.4. The second-order valence-corrected chi connectivity index (χ2v) is 7.66. The first-order valence-electron chi connectivity index (χ1n) is 7.51. The lowest BCUT2D eigenvalue weighted by Gasteiger charge is -2.35. The van der Waals surface area contributed by atoms with Gasteiger partial charge < -0.3 is 9.42 Å². The Morgan fingerprint density at radius 1 is 1.55 bits per heavy atom. The molecule has 1 aromatic rings. The Morgan fingerprint density at radius 2 is 2.27 bits per heavy atom. The van der Waals surface area contributed by atoms with Crippen LogP contribution in [0.25, 0.3) is 0 Å². The molecule has 0 radical (unpaired) electrons. The molecule has 1 saturated heterocycles. The predicted molar refractivity (Wildman–Crippen MR) is 81.5 cm³/mol. The minimum absolute atomic E-state index is 0.159. The normalized spacial score (nSPS) is 20.9. The lowest BCUT2D eigenvalue weighted by molar-refractivity contribution is -0.135. The number of aromatic nitrogens is 1. The zero-order valence-electron chi connectivity index (χ0n) is 13.2. The molecule has 7 nitrogen and oxygen atoms in total. The molecule has 124 valence electrons. The maximum Gasteiger partial charge on any atom is 0.240 e. The number of carbonyl (C=O) groups is 1. The van der Waals surface area contributed by atoms with Crippen molar-refractivity contribution < 1.29 is 17.7 Å². The number of sulfonamides is 1. The monoisotopic (exact) mass is 329 g/mol. The minimum atomic E-state index is -3.64. The summed E-state index contributed by atoms with van der Waals surface area (Å²) < 4.78 is 31.5. The topological polar surface area (TPSA) is 92.5 Å². The number of likely N-dealkylation sites (tertiary alicyclic amines) is 1. The Labute approximate surface area is 131 Å². The van der Waals surface area contributed by atoms with E-state index in [1.54, 1.807) is 24.8 Å². The van der Waals surface area contributed by atoms with Crippen molar-refractivity contribution in [2.45, 2.75) is 57.9 Å². The molecule has 0 bridgehead atoms. The van der Waals surface area contributed by atoms with Crippen molar-refractivity contribution in [1.29, 1.82) is 0 Å². The summed E-state index contributed by atoms with van der Waals surface area (Å²) in [6, 6.07) is 0.947. The smallest absolute Gasteiger partial charge is 0.240 e. The minimum Gasteiger partial charge on any atom is -0.361 e. The lowest BCUT2D eigenvalue weighted by Crippen LogP contribution is -2.51. The Kier molecular flexibility index (Phi) is 5.23. The fraction of sp³-hybridized carbons (Fsp3) is 0.714. The molecule has 1 N–H and O–H groups in total. The number of hydrogen-bond acceptors (Lipinski definition) is 5. The molecule has 0 aliphatic carbocycles. The molecule has 0 aromatic carbocycles. The third-order valence-electron chi connectivity index (χ3n) is 3.83. The molecule has 0 saturated carbocycles. The molecule has 2 rings (SSSR count). The van der Waals surface area contributed by atoms with Crippen LogP contribution in [0.5, 0.6) is 0 Å². The van der Waals surface area contributed by atoms with Crippen LogP contribution < -0.4 is 4.72 Å². The Morgan fingerprint density at radius 3 is 2.86 bits per heavy atom. The van der Waals surface area contributed by atoms with E-state index >= 15 is 0 Å².